The molecule has 7 nitrogen and oxygen atoms in total. The number of hydrogen-bond acceptors (Lipinski definition) is 5. The number of ketones is 1. The normalized spacial score (nSPS) is 11.9. The molecule has 0 bridgehead atoms. The Hall–Kier alpha value is -2.91. The van der Waals surface area contributed by atoms with Crippen LogP contribution in [0.15, 0.2) is 82.8 Å². The lowest BCUT2D eigenvalue weighted by atomic mass is 10.1. The number of sulfonamides is 1. The number of benzene rings is 2. The van der Waals surface area contributed by atoms with E-state index in [4.69, 9.17) is 0 Å². The summed E-state index contributed by atoms with van der Waals surface area (Å²) in [7, 11) is -7.91. The predicted molar refractivity (Wildman–Crippen MR) is 101 cm³/mol. The molecular weight excluding hydrogens is 388 g/mol. The van der Waals surface area contributed by atoms with Crippen molar-refractivity contribution in [2.45, 2.75) is 16.7 Å². The Kier molecular flexibility index (Phi) is 4.90. The van der Waals surface area contributed by atoms with Gasteiger partial charge in [0, 0.05) is 23.6 Å². The minimum Gasteiger partial charge on any atom is -0.295 e. The van der Waals surface area contributed by atoms with E-state index in [-0.39, 0.29) is 21.3 Å². The molecule has 0 saturated heterocycles. The quantitative estimate of drug-likeness (QED) is 0.637. The molecule has 0 unspecified atom stereocenters. The number of carbonyl (C=O) groups excluding carboxylic acids is 1. The summed E-state index contributed by atoms with van der Waals surface area (Å²) in [6.45, 7) is 1.38. The number of rotatable bonds is 6. The van der Waals surface area contributed by atoms with E-state index in [1.165, 1.54) is 43.5 Å². The first-order valence-electron chi connectivity index (χ1n) is 7.82. The van der Waals surface area contributed by atoms with Crippen molar-refractivity contribution in [3.63, 3.8) is 0 Å². The number of aromatic nitrogens is 1. The summed E-state index contributed by atoms with van der Waals surface area (Å²) in [5.74, 6) is -0.198. The minimum absolute atomic E-state index is 0.0478. The minimum atomic E-state index is -4.02. The molecule has 2 aromatic carbocycles. The lowest BCUT2D eigenvalue weighted by Crippen LogP contribution is -2.14. The molecule has 1 N–H and O–H groups in total. The van der Waals surface area contributed by atoms with Gasteiger partial charge in [0.15, 0.2) is 5.78 Å². The maximum absolute atomic E-state index is 12.6. The molecule has 0 aliphatic rings. The second-order valence-corrected chi connectivity index (χ2v) is 9.26. The monoisotopic (exact) mass is 404 g/mol. The van der Waals surface area contributed by atoms with Crippen LogP contribution in [0.2, 0.25) is 0 Å². The van der Waals surface area contributed by atoms with Crippen molar-refractivity contribution >= 4 is 31.5 Å². The molecule has 0 amide bonds. The highest BCUT2D eigenvalue weighted by atomic mass is 32.2. The molecule has 140 valence electrons. The third-order valence-electron chi connectivity index (χ3n) is 3.79. The van der Waals surface area contributed by atoms with Gasteiger partial charge in [0.05, 0.1) is 4.90 Å². The van der Waals surface area contributed by atoms with Crippen LogP contribution in [0, 0.1) is 0 Å². The van der Waals surface area contributed by atoms with Gasteiger partial charge in [-0.05, 0) is 37.3 Å². The van der Waals surface area contributed by atoms with E-state index in [0.29, 0.717) is 5.56 Å². The van der Waals surface area contributed by atoms with E-state index in [1.807, 2.05) is 0 Å². The summed E-state index contributed by atoms with van der Waals surface area (Å²) in [4.78, 5) is 11.3. The fourth-order valence-corrected chi connectivity index (χ4v) is 4.73. The molecule has 0 aliphatic carbocycles. The number of Topliss-reactive ketones (excluding diaryl/α,β-unsaturated/α-hetero) is 1. The van der Waals surface area contributed by atoms with Gasteiger partial charge in [-0.2, -0.15) is 0 Å². The van der Waals surface area contributed by atoms with Crippen molar-refractivity contribution in [3.05, 3.63) is 78.6 Å². The zero-order valence-corrected chi connectivity index (χ0v) is 15.9. The summed E-state index contributed by atoms with van der Waals surface area (Å²) in [5, 5.41) is 0. The second kappa shape index (κ2) is 7.01. The topological polar surface area (TPSA) is 102 Å². The van der Waals surface area contributed by atoms with E-state index in [9.17, 15) is 21.6 Å². The van der Waals surface area contributed by atoms with Crippen molar-refractivity contribution in [2.75, 3.05) is 4.72 Å². The molecule has 0 atom stereocenters. The van der Waals surface area contributed by atoms with Crippen molar-refractivity contribution in [3.8, 4) is 0 Å². The molecule has 0 aliphatic heterocycles. The molecule has 0 fully saturated rings. The predicted octanol–water partition coefficient (Wildman–Crippen LogP) is 2.73. The molecule has 0 saturated carbocycles. The SMILES string of the molecule is CC(=O)c1cccc(NS(=O)(=O)c2ccn(S(=O)(=O)c3ccccc3)c2)c1. The molecular formula is C18H16N2O5S2. The zero-order valence-electron chi connectivity index (χ0n) is 14.2. The van der Waals surface area contributed by atoms with Gasteiger partial charge < -0.3 is 0 Å². The number of nitrogens with one attached hydrogen (secondary N) is 1. The van der Waals surface area contributed by atoms with Crippen molar-refractivity contribution in [1.29, 1.82) is 0 Å². The summed E-state index contributed by atoms with van der Waals surface area (Å²) in [6, 6.07) is 14.9. The lowest BCUT2D eigenvalue weighted by Gasteiger charge is -2.08. The van der Waals surface area contributed by atoms with E-state index in [0.717, 1.165) is 10.2 Å². The van der Waals surface area contributed by atoms with Crippen molar-refractivity contribution < 1.29 is 21.6 Å². The molecule has 27 heavy (non-hydrogen) atoms. The first-order chi connectivity index (χ1) is 12.7. The van der Waals surface area contributed by atoms with Crippen molar-refractivity contribution in [1.82, 2.24) is 3.97 Å². The smallest absolute Gasteiger partial charge is 0.267 e. The van der Waals surface area contributed by atoms with Crippen molar-refractivity contribution in [2.24, 2.45) is 0 Å². The first kappa shape index (κ1) is 18.9. The molecule has 0 radical (unpaired) electrons. The van der Waals surface area contributed by atoms with Crippen LogP contribution in [-0.4, -0.2) is 26.6 Å². The summed E-state index contributed by atoms with van der Waals surface area (Å²) in [5.41, 5.74) is 0.570. The van der Waals surface area contributed by atoms with Gasteiger partial charge >= 0.3 is 0 Å². The zero-order chi connectivity index (χ0) is 19.7. The summed E-state index contributed by atoms with van der Waals surface area (Å²) >= 11 is 0. The highest BCUT2D eigenvalue weighted by Gasteiger charge is 2.21. The first-order valence-corrected chi connectivity index (χ1v) is 10.7. The lowest BCUT2D eigenvalue weighted by molar-refractivity contribution is 0.101. The van der Waals surface area contributed by atoms with Gasteiger partial charge in [0.25, 0.3) is 20.0 Å². The van der Waals surface area contributed by atoms with Crippen LogP contribution in [-0.2, 0) is 20.0 Å². The summed E-state index contributed by atoms with van der Waals surface area (Å²) in [6.07, 6.45) is 2.20. The van der Waals surface area contributed by atoms with Crippen LogP contribution in [0.1, 0.15) is 17.3 Å². The Labute approximate surface area is 157 Å². The Balaban J connectivity index is 1.91. The van der Waals surface area contributed by atoms with E-state index in [2.05, 4.69) is 4.72 Å². The number of hydrogen-bond donors (Lipinski definition) is 1. The van der Waals surface area contributed by atoms with Crippen LogP contribution >= 0.6 is 0 Å². The third-order valence-corrected chi connectivity index (χ3v) is 6.81. The fraction of sp³-hybridized carbons (Fsp3) is 0.0556. The van der Waals surface area contributed by atoms with E-state index >= 15 is 0 Å². The van der Waals surface area contributed by atoms with Gasteiger partial charge in [-0.3, -0.25) is 9.52 Å². The van der Waals surface area contributed by atoms with Crippen LogP contribution in [0.5, 0.6) is 0 Å². The van der Waals surface area contributed by atoms with Gasteiger partial charge in [0.1, 0.15) is 4.90 Å². The molecule has 9 heteroatoms. The molecule has 0 spiro atoms. The van der Waals surface area contributed by atoms with Gasteiger partial charge in [-0.25, -0.2) is 20.8 Å². The molecule has 1 heterocycles. The van der Waals surface area contributed by atoms with Crippen LogP contribution in [0.3, 0.4) is 0 Å². The standard InChI is InChI=1S/C18H16N2O5S2/c1-14(21)15-6-5-7-16(12-15)19-26(22,23)18-10-11-20(13-18)27(24,25)17-8-3-2-4-9-17/h2-13,19H,1H3. The number of carbonyl (C=O) groups is 1. The molecule has 1 aromatic heterocycles. The Bertz CT molecular complexity index is 1200. The van der Waals surface area contributed by atoms with E-state index in [1.54, 1.807) is 30.3 Å². The maximum Gasteiger partial charge on any atom is 0.267 e. The third kappa shape index (κ3) is 3.93. The average molecular weight is 404 g/mol. The highest BCUT2D eigenvalue weighted by molar-refractivity contribution is 7.93. The second-order valence-electron chi connectivity index (χ2n) is 5.74. The van der Waals surface area contributed by atoms with Gasteiger partial charge in [-0.15, -0.1) is 0 Å². The van der Waals surface area contributed by atoms with Crippen LogP contribution in [0.25, 0.3) is 0 Å². The largest absolute Gasteiger partial charge is 0.295 e. The Morgan fingerprint density at radius 1 is 0.889 bits per heavy atom. The maximum atomic E-state index is 12.6. The average Bonchev–Trinajstić information content (AvgIpc) is 3.14. The highest BCUT2D eigenvalue weighted by Crippen LogP contribution is 2.20. The van der Waals surface area contributed by atoms with Gasteiger partial charge in [-0.1, -0.05) is 30.3 Å². The molecule has 3 rings (SSSR count). The van der Waals surface area contributed by atoms with E-state index < -0.39 is 20.0 Å². The number of nitrogens with zero attached hydrogens (tertiary/aromatic N) is 1. The molecule has 3 aromatic rings. The van der Waals surface area contributed by atoms with Gasteiger partial charge in [0.2, 0.25) is 0 Å². The fourth-order valence-electron chi connectivity index (χ4n) is 2.40. The Morgan fingerprint density at radius 2 is 1.59 bits per heavy atom. The van der Waals surface area contributed by atoms with Crippen LogP contribution in [0.4, 0.5) is 5.69 Å². The summed E-state index contributed by atoms with van der Waals surface area (Å²) < 4.78 is 53.4. The Morgan fingerprint density at radius 3 is 2.26 bits per heavy atom. The number of anilines is 1. The van der Waals surface area contributed by atoms with Crippen LogP contribution < -0.4 is 4.72 Å².